The van der Waals surface area contributed by atoms with Gasteiger partial charge < -0.3 is 14.9 Å². The molecule has 1 heterocycles. The molecule has 3 heteroatoms. The Hall–Kier alpha value is -1.58. The second-order valence-corrected chi connectivity index (χ2v) is 4.23. The van der Waals surface area contributed by atoms with Crippen LogP contribution in [0.4, 0.5) is 0 Å². The van der Waals surface area contributed by atoms with Crippen molar-refractivity contribution in [3.63, 3.8) is 0 Å². The van der Waals surface area contributed by atoms with Gasteiger partial charge in [0.05, 0.1) is 12.4 Å². The molecule has 0 amide bonds. The van der Waals surface area contributed by atoms with Crippen LogP contribution in [0.25, 0.3) is 0 Å². The lowest BCUT2D eigenvalue weighted by atomic mass is 9.99. The molecule has 0 radical (unpaired) electrons. The zero-order chi connectivity index (χ0) is 12.8. The first-order chi connectivity index (χ1) is 8.81. The van der Waals surface area contributed by atoms with Crippen molar-refractivity contribution in [1.82, 2.24) is 0 Å². The average Bonchev–Trinajstić information content (AvgIpc) is 2.89. The van der Waals surface area contributed by atoms with Crippen molar-refractivity contribution in [2.75, 3.05) is 6.61 Å². The summed E-state index contributed by atoms with van der Waals surface area (Å²) in [7, 11) is 0. The maximum absolute atomic E-state index is 6.24. The largest absolute Gasteiger partial charge is 0.469 e. The Morgan fingerprint density at radius 3 is 2.56 bits per heavy atom. The van der Waals surface area contributed by atoms with Crippen molar-refractivity contribution < 1.29 is 9.15 Å². The van der Waals surface area contributed by atoms with E-state index in [1.165, 1.54) is 0 Å². The van der Waals surface area contributed by atoms with E-state index in [2.05, 4.69) is 0 Å². The van der Waals surface area contributed by atoms with Gasteiger partial charge in [0.25, 0.3) is 0 Å². The number of furan rings is 1. The zero-order valence-electron chi connectivity index (χ0n) is 10.6. The fourth-order valence-electron chi connectivity index (χ4n) is 2.06. The van der Waals surface area contributed by atoms with Crippen molar-refractivity contribution in [3.8, 4) is 0 Å². The number of hydrogen-bond donors (Lipinski definition) is 1. The smallest absolute Gasteiger partial charge is 0.105 e. The van der Waals surface area contributed by atoms with Crippen LogP contribution in [0, 0.1) is 0 Å². The van der Waals surface area contributed by atoms with Crippen molar-refractivity contribution in [1.29, 1.82) is 0 Å². The maximum Gasteiger partial charge on any atom is 0.105 e. The van der Waals surface area contributed by atoms with E-state index in [-0.39, 0.29) is 12.1 Å². The van der Waals surface area contributed by atoms with E-state index in [1.54, 1.807) is 6.26 Å². The minimum atomic E-state index is -0.113. The van der Waals surface area contributed by atoms with Crippen LogP contribution < -0.4 is 5.73 Å². The summed E-state index contributed by atoms with van der Waals surface area (Å²) in [6, 6.07) is 13.8. The van der Waals surface area contributed by atoms with E-state index in [9.17, 15) is 0 Å². The molecule has 2 rings (SSSR count). The van der Waals surface area contributed by atoms with Crippen LogP contribution in [-0.2, 0) is 11.2 Å². The maximum atomic E-state index is 6.24. The second kappa shape index (κ2) is 6.38. The highest BCUT2D eigenvalue weighted by Gasteiger charge is 2.21. The van der Waals surface area contributed by atoms with E-state index in [1.807, 2.05) is 49.4 Å². The predicted octanol–water partition coefficient (Wildman–Crippen LogP) is 2.93. The molecule has 96 valence electrons. The molecule has 1 aromatic heterocycles. The number of ether oxygens (including phenoxy) is 1. The van der Waals surface area contributed by atoms with Crippen molar-refractivity contribution >= 4 is 0 Å². The second-order valence-electron chi connectivity index (χ2n) is 4.23. The van der Waals surface area contributed by atoms with Gasteiger partial charge in [-0.15, -0.1) is 0 Å². The Morgan fingerprint density at radius 1 is 1.17 bits per heavy atom. The van der Waals surface area contributed by atoms with Gasteiger partial charge in [-0.3, -0.25) is 0 Å². The Bertz CT molecular complexity index is 439. The fourth-order valence-corrected chi connectivity index (χ4v) is 2.06. The molecule has 2 atom stereocenters. The normalized spacial score (nSPS) is 14.3. The Labute approximate surface area is 108 Å². The minimum absolute atomic E-state index is 0.0960. The lowest BCUT2D eigenvalue weighted by molar-refractivity contribution is 0.0421. The van der Waals surface area contributed by atoms with Gasteiger partial charge in [0.15, 0.2) is 0 Å². The van der Waals surface area contributed by atoms with E-state index >= 15 is 0 Å². The molecule has 3 nitrogen and oxygen atoms in total. The third kappa shape index (κ3) is 3.22. The monoisotopic (exact) mass is 245 g/mol. The summed E-state index contributed by atoms with van der Waals surface area (Å²) in [5.74, 6) is 0.892. The van der Waals surface area contributed by atoms with E-state index in [0.29, 0.717) is 13.0 Å². The third-order valence-corrected chi connectivity index (χ3v) is 2.88. The van der Waals surface area contributed by atoms with Crippen molar-refractivity contribution in [3.05, 3.63) is 60.1 Å². The highest BCUT2D eigenvalue weighted by molar-refractivity contribution is 5.20. The van der Waals surface area contributed by atoms with Crippen LogP contribution in [0.15, 0.2) is 53.1 Å². The summed E-state index contributed by atoms with van der Waals surface area (Å²) in [6.07, 6.45) is 2.24. The van der Waals surface area contributed by atoms with Crippen LogP contribution >= 0.6 is 0 Å². The van der Waals surface area contributed by atoms with Gasteiger partial charge in [-0.1, -0.05) is 30.3 Å². The molecular formula is C15H19NO2. The molecule has 1 aromatic carbocycles. The summed E-state index contributed by atoms with van der Waals surface area (Å²) >= 11 is 0. The van der Waals surface area contributed by atoms with E-state index < -0.39 is 0 Å². The van der Waals surface area contributed by atoms with Gasteiger partial charge >= 0.3 is 0 Å². The standard InChI is InChI=1S/C15H19NO2/c1-2-17-15(12-7-4-3-5-8-12)14(16)11-13-9-6-10-18-13/h3-10,14-15H,2,11,16H2,1H3. The first-order valence-electron chi connectivity index (χ1n) is 6.25. The van der Waals surface area contributed by atoms with Crippen molar-refractivity contribution in [2.24, 2.45) is 5.73 Å². The first kappa shape index (κ1) is 12.9. The molecule has 0 bridgehead atoms. The van der Waals surface area contributed by atoms with Gasteiger partial charge in [-0.25, -0.2) is 0 Å². The van der Waals surface area contributed by atoms with Crippen LogP contribution in [0.5, 0.6) is 0 Å². The average molecular weight is 245 g/mol. The Morgan fingerprint density at radius 2 is 1.94 bits per heavy atom. The number of hydrogen-bond acceptors (Lipinski definition) is 3. The quantitative estimate of drug-likeness (QED) is 0.851. The summed E-state index contributed by atoms with van der Waals surface area (Å²) in [5.41, 5.74) is 7.35. The molecule has 0 saturated carbocycles. The summed E-state index contributed by atoms with van der Waals surface area (Å²) in [4.78, 5) is 0. The molecule has 0 spiro atoms. The molecule has 18 heavy (non-hydrogen) atoms. The lowest BCUT2D eigenvalue weighted by Gasteiger charge is -2.23. The molecule has 0 aliphatic carbocycles. The molecular weight excluding hydrogens is 226 g/mol. The topological polar surface area (TPSA) is 48.4 Å². The van der Waals surface area contributed by atoms with Crippen LogP contribution in [0.1, 0.15) is 24.4 Å². The van der Waals surface area contributed by atoms with Crippen LogP contribution in [0.3, 0.4) is 0 Å². The van der Waals surface area contributed by atoms with Gasteiger partial charge in [-0.05, 0) is 24.6 Å². The number of nitrogens with two attached hydrogens (primary N) is 1. The third-order valence-electron chi connectivity index (χ3n) is 2.88. The summed E-state index contributed by atoms with van der Waals surface area (Å²) in [5, 5.41) is 0. The molecule has 0 aliphatic rings. The van der Waals surface area contributed by atoms with E-state index in [4.69, 9.17) is 14.9 Å². The van der Waals surface area contributed by atoms with Gasteiger partial charge in [0, 0.05) is 19.1 Å². The number of benzene rings is 1. The first-order valence-corrected chi connectivity index (χ1v) is 6.25. The molecule has 0 saturated heterocycles. The van der Waals surface area contributed by atoms with E-state index in [0.717, 1.165) is 11.3 Å². The highest BCUT2D eigenvalue weighted by Crippen LogP contribution is 2.22. The SMILES string of the molecule is CCOC(c1ccccc1)C(N)Cc1ccco1. The molecule has 2 N–H and O–H groups in total. The minimum Gasteiger partial charge on any atom is -0.469 e. The van der Waals surface area contributed by atoms with Crippen LogP contribution in [-0.4, -0.2) is 12.6 Å². The molecule has 0 fully saturated rings. The molecule has 0 aliphatic heterocycles. The predicted molar refractivity (Wildman–Crippen MR) is 71.2 cm³/mol. The number of rotatable bonds is 6. The van der Waals surface area contributed by atoms with Gasteiger partial charge in [0.1, 0.15) is 5.76 Å². The lowest BCUT2D eigenvalue weighted by Crippen LogP contribution is -2.32. The van der Waals surface area contributed by atoms with Gasteiger partial charge in [0.2, 0.25) is 0 Å². The van der Waals surface area contributed by atoms with Crippen molar-refractivity contribution in [2.45, 2.75) is 25.5 Å². The summed E-state index contributed by atoms with van der Waals surface area (Å²) < 4.78 is 11.1. The molecule has 2 unspecified atom stereocenters. The van der Waals surface area contributed by atoms with Crippen LogP contribution in [0.2, 0.25) is 0 Å². The Balaban J connectivity index is 2.09. The Kier molecular flexibility index (Phi) is 4.56. The highest BCUT2D eigenvalue weighted by atomic mass is 16.5. The fraction of sp³-hybridized carbons (Fsp3) is 0.333. The molecule has 2 aromatic rings. The summed E-state index contributed by atoms with van der Waals surface area (Å²) in [6.45, 7) is 2.63. The zero-order valence-corrected chi connectivity index (χ0v) is 10.6. The van der Waals surface area contributed by atoms with Gasteiger partial charge in [-0.2, -0.15) is 0 Å².